The van der Waals surface area contributed by atoms with Crippen LogP contribution in [0.15, 0.2) is 42.5 Å². The number of aliphatic hydroxyl groups excluding tert-OH is 3. The van der Waals surface area contributed by atoms with E-state index in [9.17, 15) is 25.5 Å². The third-order valence-electron chi connectivity index (χ3n) is 8.17. The van der Waals surface area contributed by atoms with Gasteiger partial charge in [-0.15, -0.1) is 0 Å². The molecular formula is C30H34O9. The average Bonchev–Trinajstić information content (AvgIpc) is 3.35. The minimum Gasteiger partial charge on any atom is -0.504 e. The molecule has 39 heavy (non-hydrogen) atoms. The summed E-state index contributed by atoms with van der Waals surface area (Å²) in [7, 11) is 4.50. The normalized spacial score (nSPS) is 23.5. The fraction of sp³-hybridized carbons (Fsp3) is 0.400. The van der Waals surface area contributed by atoms with Crippen LogP contribution in [0.5, 0.6) is 34.5 Å². The van der Waals surface area contributed by atoms with E-state index in [1.165, 1.54) is 20.3 Å². The largest absolute Gasteiger partial charge is 0.504 e. The molecule has 1 heterocycles. The zero-order chi connectivity index (χ0) is 27.8. The first-order chi connectivity index (χ1) is 18.9. The topological polar surface area (TPSA) is 138 Å². The summed E-state index contributed by atoms with van der Waals surface area (Å²) in [6.45, 7) is -0.534. The fourth-order valence-corrected chi connectivity index (χ4v) is 6.30. The highest BCUT2D eigenvalue weighted by molar-refractivity contribution is 5.63. The summed E-state index contributed by atoms with van der Waals surface area (Å²) in [4.78, 5) is 0. The monoisotopic (exact) mass is 538 g/mol. The molecule has 0 saturated carbocycles. The van der Waals surface area contributed by atoms with Gasteiger partial charge in [0, 0.05) is 24.7 Å². The number of fused-ring (bicyclic) bond motifs is 3. The van der Waals surface area contributed by atoms with E-state index < -0.39 is 17.9 Å². The molecule has 1 aliphatic heterocycles. The van der Waals surface area contributed by atoms with Crippen molar-refractivity contribution in [2.45, 2.75) is 24.4 Å². The molecule has 5 atom stereocenters. The molecule has 0 spiro atoms. The lowest BCUT2D eigenvalue weighted by atomic mass is 9.64. The molecule has 5 N–H and O–H groups in total. The Morgan fingerprint density at radius 2 is 1.36 bits per heavy atom. The predicted octanol–water partition coefficient (Wildman–Crippen LogP) is 3.24. The molecule has 9 nitrogen and oxygen atoms in total. The summed E-state index contributed by atoms with van der Waals surface area (Å²) in [6, 6.07) is 11.9. The average molecular weight is 539 g/mol. The van der Waals surface area contributed by atoms with Gasteiger partial charge in [-0.2, -0.15) is 0 Å². The Kier molecular flexibility index (Phi) is 7.48. The maximum atomic E-state index is 10.7. The predicted molar refractivity (Wildman–Crippen MR) is 142 cm³/mol. The fourth-order valence-electron chi connectivity index (χ4n) is 6.30. The van der Waals surface area contributed by atoms with Crippen LogP contribution in [0, 0.1) is 11.8 Å². The SMILES string of the molecule is COc1cc([C@@H]2c3c(cc(OC)c4c3[C@H](CO)[C@H](c3ccc(O)c(OC)c3)O4)C[C@H](CO)[C@H]2CO)ccc1O. The van der Waals surface area contributed by atoms with E-state index >= 15 is 0 Å². The van der Waals surface area contributed by atoms with Crippen LogP contribution in [-0.2, 0) is 6.42 Å². The summed E-state index contributed by atoms with van der Waals surface area (Å²) < 4.78 is 22.9. The molecule has 0 amide bonds. The number of hydrogen-bond donors (Lipinski definition) is 5. The number of aliphatic hydroxyl groups is 3. The highest BCUT2D eigenvalue weighted by Crippen LogP contribution is 2.58. The van der Waals surface area contributed by atoms with Crippen molar-refractivity contribution in [2.75, 3.05) is 41.2 Å². The van der Waals surface area contributed by atoms with E-state index in [0.29, 0.717) is 29.2 Å². The van der Waals surface area contributed by atoms with Crippen molar-refractivity contribution in [3.05, 3.63) is 70.3 Å². The summed E-state index contributed by atoms with van der Waals surface area (Å²) in [5.74, 6) is 0.121. The standard InChI is InChI=1S/C30H34O9/c1-36-23-9-15(4-6-21(23)34)26-19(13-32)18(12-31)8-17-11-25(38-3)30-28(27(17)26)20(14-33)29(39-30)16-5-7-22(35)24(10-16)37-2/h4-7,9-11,18-20,26,29,31-35H,8,12-14H2,1-3H3/t18-,19-,20+,26+,29+/m1/s1. The number of benzene rings is 3. The zero-order valence-corrected chi connectivity index (χ0v) is 22.1. The lowest BCUT2D eigenvalue weighted by Gasteiger charge is -2.40. The second-order valence-corrected chi connectivity index (χ2v) is 10.1. The van der Waals surface area contributed by atoms with Crippen molar-refractivity contribution in [1.82, 2.24) is 0 Å². The molecule has 3 aromatic rings. The Labute approximate surface area is 226 Å². The molecule has 3 aromatic carbocycles. The lowest BCUT2D eigenvalue weighted by Crippen LogP contribution is -2.36. The smallest absolute Gasteiger partial charge is 0.166 e. The second kappa shape index (κ2) is 10.8. The zero-order valence-electron chi connectivity index (χ0n) is 22.1. The van der Waals surface area contributed by atoms with Crippen LogP contribution in [0.4, 0.5) is 0 Å². The van der Waals surface area contributed by atoms with Gasteiger partial charge in [-0.3, -0.25) is 0 Å². The molecule has 0 fully saturated rings. The van der Waals surface area contributed by atoms with Crippen LogP contribution in [0.25, 0.3) is 0 Å². The second-order valence-electron chi connectivity index (χ2n) is 10.1. The quantitative estimate of drug-likeness (QED) is 0.293. The summed E-state index contributed by atoms with van der Waals surface area (Å²) in [5.41, 5.74) is 4.10. The number of rotatable bonds is 8. The maximum Gasteiger partial charge on any atom is 0.166 e. The number of phenolic OH excluding ortho intramolecular Hbond substituents is 2. The molecule has 0 unspecified atom stereocenters. The lowest BCUT2D eigenvalue weighted by molar-refractivity contribution is 0.101. The Hall–Kier alpha value is -3.66. The Morgan fingerprint density at radius 3 is 1.92 bits per heavy atom. The van der Waals surface area contributed by atoms with E-state index in [1.54, 1.807) is 37.4 Å². The Morgan fingerprint density at radius 1 is 0.744 bits per heavy atom. The number of phenols is 2. The minimum atomic E-state index is -0.599. The highest BCUT2D eigenvalue weighted by atomic mass is 16.5. The van der Waals surface area contributed by atoms with Crippen molar-refractivity contribution in [3.63, 3.8) is 0 Å². The highest BCUT2D eigenvalue weighted by Gasteiger charge is 2.46. The van der Waals surface area contributed by atoms with Crippen LogP contribution in [-0.4, -0.2) is 66.7 Å². The van der Waals surface area contributed by atoms with E-state index in [-0.39, 0.29) is 48.9 Å². The number of ether oxygens (including phenoxy) is 4. The van der Waals surface area contributed by atoms with Gasteiger partial charge in [-0.25, -0.2) is 0 Å². The van der Waals surface area contributed by atoms with Gasteiger partial charge >= 0.3 is 0 Å². The van der Waals surface area contributed by atoms with E-state index in [0.717, 1.165) is 22.3 Å². The van der Waals surface area contributed by atoms with E-state index in [4.69, 9.17) is 18.9 Å². The molecule has 5 rings (SSSR count). The van der Waals surface area contributed by atoms with Gasteiger partial charge in [0.2, 0.25) is 0 Å². The van der Waals surface area contributed by atoms with Crippen molar-refractivity contribution in [2.24, 2.45) is 11.8 Å². The molecular weight excluding hydrogens is 504 g/mol. The van der Waals surface area contributed by atoms with Crippen molar-refractivity contribution in [1.29, 1.82) is 0 Å². The third kappa shape index (κ3) is 4.40. The number of aromatic hydroxyl groups is 2. The van der Waals surface area contributed by atoms with Gasteiger partial charge in [0.05, 0.1) is 33.9 Å². The summed E-state index contributed by atoms with van der Waals surface area (Å²) in [6.07, 6.45) is -0.0968. The van der Waals surface area contributed by atoms with Gasteiger partial charge in [0.25, 0.3) is 0 Å². The van der Waals surface area contributed by atoms with Crippen molar-refractivity contribution < 1.29 is 44.5 Å². The van der Waals surface area contributed by atoms with Crippen molar-refractivity contribution >= 4 is 0 Å². The van der Waals surface area contributed by atoms with Gasteiger partial charge in [0.15, 0.2) is 34.5 Å². The minimum absolute atomic E-state index is 0.00514. The molecule has 0 aromatic heterocycles. The Balaban J connectivity index is 1.75. The molecule has 2 aliphatic rings. The maximum absolute atomic E-state index is 10.7. The van der Waals surface area contributed by atoms with E-state index in [2.05, 4.69) is 0 Å². The van der Waals surface area contributed by atoms with Crippen LogP contribution < -0.4 is 18.9 Å². The van der Waals surface area contributed by atoms with Crippen LogP contribution in [0.1, 0.15) is 45.8 Å². The molecule has 0 bridgehead atoms. The number of hydrogen-bond acceptors (Lipinski definition) is 9. The van der Waals surface area contributed by atoms with Gasteiger partial charge in [0.1, 0.15) is 6.10 Å². The van der Waals surface area contributed by atoms with Crippen molar-refractivity contribution in [3.8, 4) is 34.5 Å². The molecule has 0 radical (unpaired) electrons. The van der Waals surface area contributed by atoms with Gasteiger partial charge in [-0.1, -0.05) is 12.1 Å². The van der Waals surface area contributed by atoms with E-state index in [1.807, 2.05) is 6.07 Å². The Bertz CT molecular complexity index is 1350. The molecule has 9 heteroatoms. The van der Waals surface area contributed by atoms with Crippen LogP contribution in [0.2, 0.25) is 0 Å². The molecule has 1 aliphatic carbocycles. The third-order valence-corrected chi connectivity index (χ3v) is 8.17. The summed E-state index contributed by atoms with van der Waals surface area (Å²) >= 11 is 0. The molecule has 208 valence electrons. The summed E-state index contributed by atoms with van der Waals surface area (Å²) in [5, 5.41) is 52.0. The van der Waals surface area contributed by atoms with Gasteiger partial charge < -0.3 is 44.5 Å². The van der Waals surface area contributed by atoms with Crippen LogP contribution >= 0.6 is 0 Å². The first kappa shape index (κ1) is 26.9. The first-order valence-corrected chi connectivity index (χ1v) is 12.9. The number of methoxy groups -OCH3 is 3. The first-order valence-electron chi connectivity index (χ1n) is 12.9. The van der Waals surface area contributed by atoms with Gasteiger partial charge in [-0.05, 0) is 70.8 Å². The van der Waals surface area contributed by atoms with Crippen LogP contribution in [0.3, 0.4) is 0 Å². The molecule has 0 saturated heterocycles.